The molecule has 0 aliphatic heterocycles. The van der Waals surface area contributed by atoms with Gasteiger partial charge in [-0.15, -0.1) is 0 Å². The van der Waals surface area contributed by atoms with Crippen LogP contribution in [0, 0.1) is 0 Å². The summed E-state index contributed by atoms with van der Waals surface area (Å²) in [6, 6.07) is 41.0. The van der Waals surface area contributed by atoms with E-state index in [2.05, 4.69) is 131 Å². The first kappa shape index (κ1) is 17.9. The van der Waals surface area contributed by atoms with E-state index in [9.17, 15) is 0 Å². The van der Waals surface area contributed by atoms with E-state index in [1.54, 1.807) is 0 Å². The lowest BCUT2D eigenvalue weighted by molar-refractivity contribution is 1.58. The maximum Gasteiger partial charge on any atom is 0.0175 e. The molecule has 0 atom stereocenters. The van der Waals surface area contributed by atoms with Crippen molar-refractivity contribution in [2.45, 2.75) is 0 Å². The van der Waals surface area contributed by atoms with Gasteiger partial charge in [0.15, 0.2) is 0 Å². The van der Waals surface area contributed by atoms with E-state index in [-0.39, 0.29) is 0 Å². The zero-order valence-corrected chi connectivity index (χ0v) is 17.4. The Hall–Kier alpha value is -3.16. The minimum Gasteiger partial charge on any atom is -0.0622 e. The quantitative estimate of drug-likeness (QED) is 0.266. The van der Waals surface area contributed by atoms with Crippen LogP contribution < -0.4 is 0 Å². The Morgan fingerprint density at radius 2 is 0.931 bits per heavy atom. The predicted octanol–water partition coefficient (Wildman–Crippen LogP) is 8.60. The summed E-state index contributed by atoms with van der Waals surface area (Å²) >= 11 is 3.57. The Kier molecular flexibility index (Phi) is 4.75. The minimum absolute atomic E-state index is 1.09. The highest BCUT2D eigenvalue weighted by molar-refractivity contribution is 9.10. The average Bonchev–Trinajstić information content (AvgIpc) is 2.80. The van der Waals surface area contributed by atoms with E-state index in [1.807, 2.05) is 0 Å². The van der Waals surface area contributed by atoms with Crippen molar-refractivity contribution in [2.24, 2.45) is 0 Å². The summed E-state index contributed by atoms with van der Waals surface area (Å²) in [6.07, 6.45) is 0. The first-order valence-corrected chi connectivity index (χ1v) is 10.5. The molecule has 0 nitrogen and oxygen atoms in total. The molecular formula is C28H19Br. The molecule has 0 spiro atoms. The van der Waals surface area contributed by atoms with Crippen LogP contribution >= 0.6 is 15.9 Å². The Balaban J connectivity index is 1.91. The Morgan fingerprint density at radius 1 is 0.414 bits per heavy atom. The molecule has 1 heteroatoms. The van der Waals surface area contributed by atoms with Gasteiger partial charge in [-0.2, -0.15) is 0 Å². The lowest BCUT2D eigenvalue weighted by atomic mass is 9.85. The van der Waals surface area contributed by atoms with Gasteiger partial charge in [-0.3, -0.25) is 0 Å². The number of hydrogen-bond acceptors (Lipinski definition) is 0. The molecule has 5 aromatic carbocycles. The normalized spacial score (nSPS) is 10.9. The third-order valence-corrected chi connectivity index (χ3v) is 5.88. The molecule has 0 unspecified atom stereocenters. The lowest BCUT2D eigenvalue weighted by Crippen LogP contribution is -1.91. The SMILES string of the molecule is Brc1ccc(-c2cc(-c3ccccc3)c3ccccc3c2-c2ccccc2)cc1. The highest BCUT2D eigenvalue weighted by Gasteiger charge is 2.16. The van der Waals surface area contributed by atoms with E-state index in [1.165, 1.54) is 44.2 Å². The number of halogens is 1. The van der Waals surface area contributed by atoms with E-state index in [0.29, 0.717) is 0 Å². The lowest BCUT2D eigenvalue weighted by Gasteiger charge is -2.18. The van der Waals surface area contributed by atoms with Crippen LogP contribution in [0.4, 0.5) is 0 Å². The monoisotopic (exact) mass is 434 g/mol. The van der Waals surface area contributed by atoms with Gasteiger partial charge in [0.2, 0.25) is 0 Å². The van der Waals surface area contributed by atoms with E-state index >= 15 is 0 Å². The van der Waals surface area contributed by atoms with Crippen LogP contribution in [0.15, 0.2) is 120 Å². The number of hydrogen-bond donors (Lipinski definition) is 0. The molecule has 5 aromatic rings. The minimum atomic E-state index is 1.09. The zero-order chi connectivity index (χ0) is 19.6. The van der Waals surface area contributed by atoms with Crippen molar-refractivity contribution >= 4 is 26.7 Å². The third-order valence-electron chi connectivity index (χ3n) is 5.35. The molecule has 0 saturated carbocycles. The summed E-state index contributed by atoms with van der Waals surface area (Å²) in [5.74, 6) is 0. The summed E-state index contributed by atoms with van der Waals surface area (Å²) in [6.45, 7) is 0. The molecule has 0 heterocycles. The molecule has 29 heavy (non-hydrogen) atoms. The molecule has 0 saturated heterocycles. The van der Waals surface area contributed by atoms with Gasteiger partial charge in [-0.05, 0) is 62.4 Å². The second-order valence-corrected chi connectivity index (χ2v) is 8.05. The fraction of sp³-hybridized carbons (Fsp3) is 0. The molecule has 0 fully saturated rings. The maximum atomic E-state index is 3.57. The topological polar surface area (TPSA) is 0 Å². The van der Waals surface area contributed by atoms with Crippen LogP contribution in [0.3, 0.4) is 0 Å². The van der Waals surface area contributed by atoms with Crippen LogP contribution in [-0.2, 0) is 0 Å². The van der Waals surface area contributed by atoms with Crippen LogP contribution in [0.25, 0.3) is 44.2 Å². The molecule has 5 rings (SSSR count). The summed E-state index contributed by atoms with van der Waals surface area (Å²) in [5.41, 5.74) is 7.49. The number of fused-ring (bicyclic) bond motifs is 1. The number of benzene rings is 5. The van der Waals surface area contributed by atoms with Gasteiger partial charge in [0.1, 0.15) is 0 Å². The van der Waals surface area contributed by atoms with Crippen molar-refractivity contribution in [2.75, 3.05) is 0 Å². The molecule has 0 amide bonds. The molecule has 0 aliphatic carbocycles. The van der Waals surface area contributed by atoms with Crippen molar-refractivity contribution in [3.63, 3.8) is 0 Å². The molecule has 0 N–H and O–H groups in total. The van der Waals surface area contributed by atoms with Gasteiger partial charge < -0.3 is 0 Å². The summed E-state index contributed by atoms with van der Waals surface area (Å²) in [4.78, 5) is 0. The predicted molar refractivity (Wildman–Crippen MR) is 128 cm³/mol. The van der Waals surface area contributed by atoms with Crippen molar-refractivity contribution in [1.29, 1.82) is 0 Å². The fourth-order valence-electron chi connectivity index (χ4n) is 4.00. The molecule has 0 bridgehead atoms. The van der Waals surface area contributed by atoms with Crippen LogP contribution in [0.5, 0.6) is 0 Å². The standard InChI is InChI=1S/C28H19Br/c29-23-17-15-21(16-18-23)27-19-26(20-9-3-1-4-10-20)24-13-7-8-14-25(24)28(27)22-11-5-2-6-12-22/h1-19H. The van der Waals surface area contributed by atoms with Crippen LogP contribution in [0.1, 0.15) is 0 Å². The highest BCUT2D eigenvalue weighted by atomic mass is 79.9. The first-order chi connectivity index (χ1) is 14.3. The fourth-order valence-corrected chi connectivity index (χ4v) is 4.27. The van der Waals surface area contributed by atoms with Crippen molar-refractivity contribution in [1.82, 2.24) is 0 Å². The van der Waals surface area contributed by atoms with Crippen LogP contribution in [0.2, 0.25) is 0 Å². The van der Waals surface area contributed by atoms with Crippen molar-refractivity contribution < 1.29 is 0 Å². The molecule has 0 aliphatic rings. The van der Waals surface area contributed by atoms with E-state index in [0.717, 1.165) is 4.47 Å². The third kappa shape index (κ3) is 3.39. The van der Waals surface area contributed by atoms with Gasteiger partial charge in [-0.1, -0.05) is 113 Å². The maximum absolute atomic E-state index is 3.57. The zero-order valence-electron chi connectivity index (χ0n) is 15.8. The van der Waals surface area contributed by atoms with Gasteiger partial charge in [-0.25, -0.2) is 0 Å². The molecular weight excluding hydrogens is 416 g/mol. The molecule has 0 aromatic heterocycles. The summed E-state index contributed by atoms with van der Waals surface area (Å²) in [5, 5.41) is 2.55. The van der Waals surface area contributed by atoms with Gasteiger partial charge >= 0.3 is 0 Å². The van der Waals surface area contributed by atoms with Gasteiger partial charge in [0.05, 0.1) is 0 Å². The van der Waals surface area contributed by atoms with E-state index < -0.39 is 0 Å². The van der Waals surface area contributed by atoms with Gasteiger partial charge in [0, 0.05) is 4.47 Å². The molecule has 0 radical (unpaired) electrons. The Morgan fingerprint density at radius 3 is 1.59 bits per heavy atom. The van der Waals surface area contributed by atoms with Crippen molar-refractivity contribution in [3.8, 4) is 33.4 Å². The van der Waals surface area contributed by atoms with Crippen LogP contribution in [-0.4, -0.2) is 0 Å². The van der Waals surface area contributed by atoms with Crippen molar-refractivity contribution in [3.05, 3.63) is 120 Å². The first-order valence-electron chi connectivity index (χ1n) is 9.74. The summed E-state index contributed by atoms with van der Waals surface area (Å²) < 4.78 is 1.09. The highest BCUT2D eigenvalue weighted by Crippen LogP contribution is 2.43. The Bertz CT molecular complexity index is 1270. The summed E-state index contributed by atoms with van der Waals surface area (Å²) in [7, 11) is 0. The molecule has 138 valence electrons. The Labute approximate surface area is 179 Å². The smallest absolute Gasteiger partial charge is 0.0175 e. The van der Waals surface area contributed by atoms with E-state index in [4.69, 9.17) is 0 Å². The second kappa shape index (κ2) is 7.69. The number of rotatable bonds is 3. The average molecular weight is 435 g/mol. The van der Waals surface area contributed by atoms with Gasteiger partial charge in [0.25, 0.3) is 0 Å². The largest absolute Gasteiger partial charge is 0.0622 e. The second-order valence-electron chi connectivity index (χ2n) is 7.13.